The second kappa shape index (κ2) is 11.2. The van der Waals surface area contributed by atoms with Crippen LogP contribution in [-0.2, 0) is 16.8 Å². The van der Waals surface area contributed by atoms with E-state index < -0.39 is 16.1 Å². The van der Waals surface area contributed by atoms with E-state index in [0.29, 0.717) is 17.7 Å². The number of benzene rings is 2. The summed E-state index contributed by atoms with van der Waals surface area (Å²) in [5, 5.41) is 11.1. The summed E-state index contributed by atoms with van der Waals surface area (Å²) in [5.74, 6) is 0.127. The maximum atomic E-state index is 14.6. The summed E-state index contributed by atoms with van der Waals surface area (Å²) in [5.41, 5.74) is -0.359. The third-order valence-corrected chi connectivity index (χ3v) is 5.91. The zero-order valence-corrected chi connectivity index (χ0v) is 20.4. The summed E-state index contributed by atoms with van der Waals surface area (Å²) in [6.45, 7) is 4.14. The van der Waals surface area contributed by atoms with Gasteiger partial charge in [0.05, 0.1) is 32.3 Å². The molecule has 2 aromatic carbocycles. The Hall–Kier alpha value is -1.78. The van der Waals surface area contributed by atoms with Crippen molar-refractivity contribution in [3.8, 4) is 5.75 Å². The van der Waals surface area contributed by atoms with Gasteiger partial charge >= 0.3 is 3.93 Å². The molecule has 0 aliphatic rings. The van der Waals surface area contributed by atoms with Gasteiger partial charge in [-0.15, -0.1) is 0 Å². The molecule has 0 aromatic heterocycles. The molecule has 0 saturated heterocycles. The molecular weight excluding hydrogens is 517 g/mol. The molecule has 5 nitrogen and oxygen atoms in total. The van der Waals surface area contributed by atoms with Crippen LogP contribution >= 0.6 is 22.6 Å². The van der Waals surface area contributed by atoms with Gasteiger partial charge in [-0.05, 0) is 37.5 Å². The number of aliphatic imine (C=N–C) groups is 1. The highest BCUT2D eigenvalue weighted by Crippen LogP contribution is 2.47. The minimum absolute atomic E-state index is 0.0330. The van der Waals surface area contributed by atoms with E-state index in [1.165, 1.54) is 13.2 Å². The standard InChI is InChI=1S/C23H29F2IN2O3/c1-5-28(3)16-27-20-14-21(30-4)19(13-17(20)2)22(29,23(24,25)26)15-31-12-11-18-9-7-6-8-10-18/h6-10,13-14,16,29H,5,11-12,15H2,1-4H3/b27-16+. The Morgan fingerprint density at radius 3 is 2.48 bits per heavy atom. The average molecular weight is 546 g/mol. The van der Waals surface area contributed by atoms with Gasteiger partial charge in [-0.3, -0.25) is 0 Å². The van der Waals surface area contributed by atoms with Crippen LogP contribution in [0.1, 0.15) is 23.6 Å². The number of hydrogen-bond donors (Lipinski definition) is 1. The highest BCUT2D eigenvalue weighted by atomic mass is 127. The van der Waals surface area contributed by atoms with Crippen LogP contribution in [0, 0.1) is 6.92 Å². The number of aliphatic hydroxyl groups is 1. The van der Waals surface area contributed by atoms with Crippen LogP contribution < -0.4 is 4.74 Å². The molecule has 2 aromatic rings. The molecule has 170 valence electrons. The Kier molecular flexibility index (Phi) is 9.20. The minimum atomic E-state index is -3.50. The zero-order valence-electron chi connectivity index (χ0n) is 18.2. The molecule has 0 aliphatic heterocycles. The van der Waals surface area contributed by atoms with Crippen molar-refractivity contribution in [3.63, 3.8) is 0 Å². The molecule has 31 heavy (non-hydrogen) atoms. The van der Waals surface area contributed by atoms with Gasteiger partial charge in [-0.25, -0.2) is 4.99 Å². The van der Waals surface area contributed by atoms with Crippen molar-refractivity contribution >= 4 is 34.6 Å². The summed E-state index contributed by atoms with van der Waals surface area (Å²) >= 11 is 0.951. The van der Waals surface area contributed by atoms with Gasteiger partial charge in [0.2, 0.25) is 0 Å². The van der Waals surface area contributed by atoms with Crippen LogP contribution in [0.3, 0.4) is 0 Å². The van der Waals surface area contributed by atoms with E-state index in [2.05, 4.69) is 4.99 Å². The molecule has 0 fully saturated rings. The van der Waals surface area contributed by atoms with Crippen LogP contribution in [0.2, 0.25) is 0 Å². The molecule has 1 N–H and O–H groups in total. The maximum absolute atomic E-state index is 14.6. The predicted octanol–water partition coefficient (Wildman–Crippen LogP) is 5.09. The zero-order chi connectivity index (χ0) is 23.1. The Bertz CT molecular complexity index is 875. The first-order valence-electron chi connectivity index (χ1n) is 9.96. The second-order valence-corrected chi connectivity index (χ2v) is 8.66. The van der Waals surface area contributed by atoms with Crippen molar-refractivity contribution in [2.24, 2.45) is 4.99 Å². The Morgan fingerprint density at radius 2 is 1.90 bits per heavy atom. The van der Waals surface area contributed by atoms with Gasteiger partial charge in [0.25, 0.3) is 0 Å². The molecule has 0 heterocycles. The van der Waals surface area contributed by atoms with Crippen molar-refractivity contribution in [1.29, 1.82) is 0 Å². The van der Waals surface area contributed by atoms with E-state index in [-0.39, 0.29) is 17.9 Å². The summed E-state index contributed by atoms with van der Waals surface area (Å²) < 4.78 is 36.6. The monoisotopic (exact) mass is 546 g/mol. The number of hydrogen-bond acceptors (Lipinski definition) is 4. The van der Waals surface area contributed by atoms with Crippen LogP contribution in [0.5, 0.6) is 5.75 Å². The molecular formula is C23H29F2IN2O3. The highest BCUT2D eigenvalue weighted by Gasteiger charge is 2.54. The fourth-order valence-electron chi connectivity index (χ4n) is 2.92. The van der Waals surface area contributed by atoms with E-state index in [9.17, 15) is 13.9 Å². The lowest BCUT2D eigenvalue weighted by Gasteiger charge is -2.34. The highest BCUT2D eigenvalue weighted by molar-refractivity contribution is 14.1. The molecule has 1 atom stereocenters. The molecule has 0 spiro atoms. The summed E-state index contributed by atoms with van der Waals surface area (Å²) in [7, 11) is 3.26. The lowest BCUT2D eigenvalue weighted by atomic mass is 9.92. The first-order chi connectivity index (χ1) is 14.6. The molecule has 2 rings (SSSR count). The van der Waals surface area contributed by atoms with E-state index >= 15 is 0 Å². The van der Waals surface area contributed by atoms with Crippen LogP contribution in [0.25, 0.3) is 0 Å². The number of methoxy groups -OCH3 is 1. The molecule has 0 aliphatic carbocycles. The van der Waals surface area contributed by atoms with Gasteiger partial charge in [0.15, 0.2) is 5.60 Å². The van der Waals surface area contributed by atoms with Crippen molar-refractivity contribution < 1.29 is 23.4 Å². The first-order valence-corrected chi connectivity index (χ1v) is 11.0. The topological polar surface area (TPSA) is 54.3 Å². The van der Waals surface area contributed by atoms with Crippen LogP contribution in [-0.4, -0.2) is 54.2 Å². The summed E-state index contributed by atoms with van der Waals surface area (Å²) in [6.07, 6.45) is 2.21. The van der Waals surface area contributed by atoms with Gasteiger partial charge < -0.3 is 19.5 Å². The van der Waals surface area contributed by atoms with Crippen LogP contribution in [0.4, 0.5) is 14.5 Å². The second-order valence-electron chi connectivity index (χ2n) is 7.30. The number of nitrogens with zero attached hydrogens (tertiary/aromatic N) is 2. The molecule has 0 radical (unpaired) electrons. The van der Waals surface area contributed by atoms with Gasteiger partial charge in [0, 0.05) is 47.8 Å². The normalized spacial score (nSPS) is 13.9. The quantitative estimate of drug-likeness (QED) is 0.140. The Morgan fingerprint density at radius 1 is 1.23 bits per heavy atom. The number of ether oxygens (including phenoxy) is 2. The number of alkyl halides is 3. The van der Waals surface area contributed by atoms with Gasteiger partial charge in [0.1, 0.15) is 5.75 Å². The van der Waals surface area contributed by atoms with Gasteiger partial charge in [-0.2, -0.15) is 8.78 Å². The number of halogens is 3. The average Bonchev–Trinajstić information content (AvgIpc) is 2.75. The molecule has 1 unspecified atom stereocenters. The molecule has 0 bridgehead atoms. The summed E-state index contributed by atoms with van der Waals surface area (Å²) in [6, 6.07) is 12.6. The van der Waals surface area contributed by atoms with Crippen molar-refractivity contribution in [2.45, 2.75) is 29.8 Å². The lowest BCUT2D eigenvalue weighted by molar-refractivity contribution is -0.153. The van der Waals surface area contributed by atoms with Crippen LogP contribution in [0.15, 0.2) is 47.5 Å². The molecule has 0 amide bonds. The number of rotatable bonds is 11. The Balaban J connectivity index is 2.29. The number of aryl methyl sites for hydroxylation is 1. The third kappa shape index (κ3) is 6.60. The van der Waals surface area contributed by atoms with Crippen molar-refractivity contribution in [2.75, 3.05) is 33.9 Å². The van der Waals surface area contributed by atoms with Crippen molar-refractivity contribution in [1.82, 2.24) is 4.90 Å². The lowest BCUT2D eigenvalue weighted by Crippen LogP contribution is -2.45. The van der Waals surface area contributed by atoms with Crippen molar-refractivity contribution in [3.05, 3.63) is 59.2 Å². The first kappa shape index (κ1) is 25.5. The third-order valence-electron chi connectivity index (χ3n) is 5.01. The molecule has 0 saturated carbocycles. The fourth-order valence-corrected chi connectivity index (χ4v) is 3.36. The van der Waals surface area contributed by atoms with E-state index in [1.54, 1.807) is 19.3 Å². The predicted molar refractivity (Wildman–Crippen MR) is 128 cm³/mol. The largest absolute Gasteiger partial charge is 0.496 e. The minimum Gasteiger partial charge on any atom is -0.496 e. The SMILES string of the molecule is CCN(C)/C=N/c1cc(OC)c(C(O)(COCCc2ccccc2)C(F)(F)I)cc1C. The van der Waals surface area contributed by atoms with E-state index in [0.717, 1.165) is 34.7 Å². The van der Waals surface area contributed by atoms with E-state index in [1.807, 2.05) is 49.2 Å². The summed E-state index contributed by atoms with van der Waals surface area (Å²) in [4.78, 5) is 6.28. The smallest absolute Gasteiger partial charge is 0.330 e. The van der Waals surface area contributed by atoms with Gasteiger partial charge in [-0.1, -0.05) is 30.3 Å². The maximum Gasteiger partial charge on any atom is 0.330 e. The fraction of sp³-hybridized carbons (Fsp3) is 0.435. The Labute approximate surface area is 196 Å². The van der Waals surface area contributed by atoms with E-state index in [4.69, 9.17) is 9.47 Å². The molecule has 8 heteroatoms.